The van der Waals surface area contributed by atoms with Gasteiger partial charge in [-0.1, -0.05) is 18.2 Å². The van der Waals surface area contributed by atoms with Crippen molar-refractivity contribution in [2.24, 2.45) is 0 Å². The Morgan fingerprint density at radius 3 is 2.57 bits per heavy atom. The lowest BCUT2D eigenvalue weighted by molar-refractivity contribution is -0.139. The number of rotatable bonds is 5. The van der Waals surface area contributed by atoms with Crippen LogP contribution in [-0.4, -0.2) is 42.4 Å². The van der Waals surface area contributed by atoms with Crippen LogP contribution in [0.3, 0.4) is 0 Å². The number of methoxy groups -OCH3 is 2. The summed E-state index contributed by atoms with van der Waals surface area (Å²) in [6, 6.07) is 9.31. The number of aromatic nitrogens is 2. The lowest BCUT2D eigenvalue weighted by Crippen LogP contribution is -2.30. The van der Waals surface area contributed by atoms with Crippen LogP contribution in [0.4, 0.5) is 0 Å². The van der Waals surface area contributed by atoms with E-state index in [1.807, 2.05) is 30.3 Å². The van der Waals surface area contributed by atoms with E-state index < -0.39 is 11.9 Å². The Bertz CT molecular complexity index is 637. The molecule has 0 saturated heterocycles. The van der Waals surface area contributed by atoms with Crippen LogP contribution in [0.2, 0.25) is 0 Å². The number of carbonyl (C=O) groups is 2. The Kier molecular flexibility index (Phi) is 4.55. The van der Waals surface area contributed by atoms with Crippen LogP contribution in [0, 0.1) is 0 Å². The van der Waals surface area contributed by atoms with Gasteiger partial charge in [0, 0.05) is 0 Å². The number of esters is 1. The molecule has 0 radical (unpaired) electrons. The molecule has 0 bridgehead atoms. The molecular formula is C14H15N3O4. The van der Waals surface area contributed by atoms with Gasteiger partial charge in [0.25, 0.3) is 5.91 Å². The first kappa shape index (κ1) is 14.6. The normalized spacial score (nSPS) is 10.0. The number of hydrogen-bond acceptors (Lipinski definition) is 5. The van der Waals surface area contributed by atoms with Gasteiger partial charge in [0.05, 0.1) is 26.1 Å². The van der Waals surface area contributed by atoms with E-state index in [0.717, 1.165) is 5.69 Å². The number of benzene rings is 1. The minimum absolute atomic E-state index is 0.102. The van der Waals surface area contributed by atoms with E-state index in [4.69, 9.17) is 4.74 Å². The second-order valence-electron chi connectivity index (χ2n) is 4.09. The number of hydrogen-bond donors (Lipinski definition) is 1. The fraction of sp³-hybridized carbons (Fsp3) is 0.214. The maximum atomic E-state index is 12.0. The van der Waals surface area contributed by atoms with Crippen molar-refractivity contribution in [2.75, 3.05) is 20.8 Å². The van der Waals surface area contributed by atoms with Crippen LogP contribution >= 0.6 is 0 Å². The molecule has 2 rings (SSSR count). The summed E-state index contributed by atoms with van der Waals surface area (Å²) in [5.74, 6) is -0.724. The van der Waals surface area contributed by atoms with Crippen molar-refractivity contribution in [3.05, 3.63) is 42.2 Å². The van der Waals surface area contributed by atoms with Crippen molar-refractivity contribution < 1.29 is 19.1 Å². The van der Waals surface area contributed by atoms with Gasteiger partial charge in [-0.2, -0.15) is 5.10 Å². The van der Waals surface area contributed by atoms with Crippen LogP contribution in [0.1, 0.15) is 10.5 Å². The molecule has 1 N–H and O–H groups in total. The standard InChI is InChI=1S/C14H15N3O4/c1-20-11-9-17(10-6-4-3-5-7-10)16-13(11)14(19)15-8-12(18)21-2/h3-7,9H,8H2,1-2H3,(H,15,19). The van der Waals surface area contributed by atoms with Gasteiger partial charge in [-0.05, 0) is 12.1 Å². The maximum absolute atomic E-state index is 12.0. The van der Waals surface area contributed by atoms with Gasteiger partial charge < -0.3 is 14.8 Å². The smallest absolute Gasteiger partial charge is 0.325 e. The molecule has 7 nitrogen and oxygen atoms in total. The number of nitrogens with zero attached hydrogens (tertiary/aromatic N) is 2. The van der Waals surface area contributed by atoms with E-state index in [2.05, 4.69) is 15.2 Å². The van der Waals surface area contributed by atoms with Crippen molar-refractivity contribution in [2.45, 2.75) is 0 Å². The second-order valence-corrected chi connectivity index (χ2v) is 4.09. The van der Waals surface area contributed by atoms with E-state index >= 15 is 0 Å². The highest BCUT2D eigenvalue weighted by Gasteiger charge is 2.18. The molecule has 1 amide bonds. The molecule has 0 aliphatic heterocycles. The van der Waals surface area contributed by atoms with E-state index in [9.17, 15) is 9.59 Å². The third-order valence-corrected chi connectivity index (χ3v) is 2.76. The Hall–Kier alpha value is -2.83. The highest BCUT2D eigenvalue weighted by Crippen LogP contribution is 2.19. The largest absolute Gasteiger partial charge is 0.493 e. The molecule has 0 aliphatic carbocycles. The molecule has 0 saturated carbocycles. The van der Waals surface area contributed by atoms with E-state index in [0.29, 0.717) is 5.75 Å². The SMILES string of the molecule is COC(=O)CNC(=O)c1nn(-c2ccccc2)cc1OC. The van der Waals surface area contributed by atoms with Gasteiger partial charge in [0.2, 0.25) is 0 Å². The topological polar surface area (TPSA) is 82.5 Å². The van der Waals surface area contributed by atoms with E-state index in [-0.39, 0.29) is 12.2 Å². The summed E-state index contributed by atoms with van der Waals surface area (Å²) in [6.45, 7) is -0.226. The summed E-state index contributed by atoms with van der Waals surface area (Å²) in [4.78, 5) is 23.0. The molecule has 110 valence electrons. The van der Waals surface area contributed by atoms with E-state index in [1.54, 1.807) is 6.20 Å². The average molecular weight is 289 g/mol. The molecule has 1 aromatic carbocycles. The first-order valence-electron chi connectivity index (χ1n) is 6.19. The molecule has 1 heterocycles. The number of para-hydroxylation sites is 1. The quantitative estimate of drug-likeness (QED) is 0.823. The van der Waals surface area contributed by atoms with Crippen LogP contribution < -0.4 is 10.1 Å². The molecule has 0 spiro atoms. The number of nitrogens with one attached hydrogen (secondary N) is 1. The van der Waals surface area contributed by atoms with E-state index in [1.165, 1.54) is 18.9 Å². The zero-order valence-corrected chi connectivity index (χ0v) is 11.7. The van der Waals surface area contributed by atoms with Crippen LogP contribution in [0.25, 0.3) is 5.69 Å². The van der Waals surface area contributed by atoms with Crippen molar-refractivity contribution in [1.82, 2.24) is 15.1 Å². The minimum atomic E-state index is -0.537. The molecule has 1 aromatic heterocycles. The fourth-order valence-electron chi connectivity index (χ4n) is 1.69. The van der Waals surface area contributed by atoms with Crippen molar-refractivity contribution >= 4 is 11.9 Å². The Morgan fingerprint density at radius 1 is 1.24 bits per heavy atom. The number of ether oxygens (including phenoxy) is 2. The predicted octanol–water partition coefficient (Wildman–Crippen LogP) is 0.784. The molecule has 0 fully saturated rings. The van der Waals surface area contributed by atoms with Gasteiger partial charge in [-0.25, -0.2) is 4.68 Å². The van der Waals surface area contributed by atoms with Gasteiger partial charge in [0.1, 0.15) is 6.54 Å². The molecular weight excluding hydrogens is 274 g/mol. The average Bonchev–Trinajstić information content (AvgIpc) is 2.97. The van der Waals surface area contributed by atoms with Gasteiger partial charge >= 0.3 is 5.97 Å². The summed E-state index contributed by atoms with van der Waals surface area (Å²) in [6.07, 6.45) is 1.60. The summed E-state index contributed by atoms with van der Waals surface area (Å²) >= 11 is 0. The zero-order chi connectivity index (χ0) is 15.2. The lowest BCUT2D eigenvalue weighted by Gasteiger charge is -2.02. The monoisotopic (exact) mass is 289 g/mol. The van der Waals surface area contributed by atoms with Crippen molar-refractivity contribution in [3.8, 4) is 11.4 Å². The Labute approximate surface area is 121 Å². The second kappa shape index (κ2) is 6.56. The minimum Gasteiger partial charge on any atom is -0.493 e. The number of carbonyl (C=O) groups excluding carboxylic acids is 2. The first-order chi connectivity index (χ1) is 10.2. The third-order valence-electron chi connectivity index (χ3n) is 2.76. The van der Waals surface area contributed by atoms with Gasteiger partial charge in [-0.3, -0.25) is 9.59 Å². The molecule has 7 heteroatoms. The molecule has 0 unspecified atom stereocenters. The Balaban J connectivity index is 2.21. The summed E-state index contributed by atoms with van der Waals surface area (Å²) in [7, 11) is 2.70. The molecule has 0 atom stereocenters. The first-order valence-corrected chi connectivity index (χ1v) is 6.19. The summed E-state index contributed by atoms with van der Waals surface area (Å²) in [5, 5.41) is 6.60. The predicted molar refractivity (Wildman–Crippen MR) is 74.5 cm³/mol. The lowest BCUT2D eigenvalue weighted by atomic mass is 10.3. The maximum Gasteiger partial charge on any atom is 0.325 e. The highest BCUT2D eigenvalue weighted by atomic mass is 16.5. The van der Waals surface area contributed by atoms with Crippen LogP contribution in [0.5, 0.6) is 5.75 Å². The van der Waals surface area contributed by atoms with Crippen molar-refractivity contribution in [1.29, 1.82) is 0 Å². The molecule has 21 heavy (non-hydrogen) atoms. The van der Waals surface area contributed by atoms with Gasteiger partial charge in [-0.15, -0.1) is 0 Å². The molecule has 0 aliphatic rings. The molecule has 2 aromatic rings. The van der Waals surface area contributed by atoms with Gasteiger partial charge in [0.15, 0.2) is 11.4 Å². The zero-order valence-electron chi connectivity index (χ0n) is 11.7. The van der Waals surface area contributed by atoms with Crippen molar-refractivity contribution in [3.63, 3.8) is 0 Å². The third kappa shape index (κ3) is 3.38. The fourth-order valence-corrected chi connectivity index (χ4v) is 1.69. The Morgan fingerprint density at radius 2 is 1.95 bits per heavy atom. The summed E-state index contributed by atoms with van der Waals surface area (Å²) in [5.41, 5.74) is 0.896. The number of amides is 1. The van der Waals surface area contributed by atoms with Crippen LogP contribution in [-0.2, 0) is 9.53 Å². The summed E-state index contributed by atoms with van der Waals surface area (Å²) < 4.78 is 11.1. The highest BCUT2D eigenvalue weighted by molar-refractivity contribution is 5.96. The van der Waals surface area contributed by atoms with Crippen LogP contribution in [0.15, 0.2) is 36.5 Å².